The van der Waals surface area contributed by atoms with Gasteiger partial charge in [0.25, 0.3) is 0 Å². The Morgan fingerprint density at radius 3 is 2.27 bits per heavy atom. The molecule has 5 rings (SSSR count). The van der Waals surface area contributed by atoms with Crippen molar-refractivity contribution < 1.29 is 27.8 Å². The molecule has 37 heavy (non-hydrogen) atoms. The summed E-state index contributed by atoms with van der Waals surface area (Å²) in [7, 11) is 0. The van der Waals surface area contributed by atoms with E-state index in [9.17, 15) is 18.3 Å². The highest BCUT2D eigenvalue weighted by Crippen LogP contribution is 2.41. The first kappa shape index (κ1) is 25.4. The van der Waals surface area contributed by atoms with Crippen LogP contribution in [0.15, 0.2) is 66.7 Å². The van der Waals surface area contributed by atoms with Gasteiger partial charge in [-0.05, 0) is 90.8 Å². The topological polar surface area (TPSA) is 41.9 Å². The molecule has 1 fully saturated rings. The molecule has 4 aromatic rings. The molecular weight excluding hydrogens is 499 g/mol. The van der Waals surface area contributed by atoms with Gasteiger partial charge < -0.3 is 14.6 Å². The maximum atomic E-state index is 13.2. The van der Waals surface area contributed by atoms with E-state index < -0.39 is 11.1 Å². The van der Waals surface area contributed by atoms with Crippen LogP contribution in [0.1, 0.15) is 29.7 Å². The van der Waals surface area contributed by atoms with Crippen molar-refractivity contribution in [2.45, 2.75) is 32.0 Å². The van der Waals surface area contributed by atoms with E-state index in [-0.39, 0.29) is 12.4 Å². The third-order valence-corrected chi connectivity index (χ3v) is 7.76. The highest BCUT2D eigenvalue weighted by molar-refractivity contribution is 7.15. The molecule has 0 radical (unpaired) electrons. The number of nitrogens with zero attached hydrogens (tertiary/aromatic N) is 1. The number of likely N-dealkylation sites (tertiary alicyclic amines) is 1. The fourth-order valence-electron chi connectivity index (χ4n) is 4.67. The van der Waals surface area contributed by atoms with Gasteiger partial charge in [0, 0.05) is 17.0 Å². The van der Waals surface area contributed by atoms with Gasteiger partial charge in [0.1, 0.15) is 35.3 Å². The molecule has 0 aliphatic carbocycles. The summed E-state index contributed by atoms with van der Waals surface area (Å²) in [5.41, 5.74) is 1.44. The van der Waals surface area contributed by atoms with E-state index in [0.717, 1.165) is 47.8 Å². The van der Waals surface area contributed by atoms with Gasteiger partial charge in [-0.2, -0.15) is 13.2 Å². The van der Waals surface area contributed by atoms with E-state index in [4.69, 9.17) is 9.47 Å². The largest absolute Gasteiger partial charge is 0.508 e. The van der Waals surface area contributed by atoms with Crippen molar-refractivity contribution in [3.05, 3.63) is 77.2 Å². The quantitative estimate of drug-likeness (QED) is 0.255. The van der Waals surface area contributed by atoms with Crippen LogP contribution in [0.4, 0.5) is 13.2 Å². The first-order valence-corrected chi connectivity index (χ1v) is 13.2. The minimum atomic E-state index is -4.39. The Morgan fingerprint density at radius 2 is 1.57 bits per heavy atom. The van der Waals surface area contributed by atoms with Gasteiger partial charge in [0.15, 0.2) is 0 Å². The van der Waals surface area contributed by atoms with Crippen molar-refractivity contribution in [2.24, 2.45) is 0 Å². The summed E-state index contributed by atoms with van der Waals surface area (Å²) in [6.45, 7) is 3.97. The van der Waals surface area contributed by atoms with Crippen LogP contribution in [0.2, 0.25) is 0 Å². The van der Waals surface area contributed by atoms with Gasteiger partial charge in [-0.1, -0.05) is 24.6 Å². The first-order valence-electron chi connectivity index (χ1n) is 12.4. The van der Waals surface area contributed by atoms with Crippen molar-refractivity contribution in [3.8, 4) is 27.7 Å². The summed E-state index contributed by atoms with van der Waals surface area (Å²) < 4.78 is 51.7. The summed E-state index contributed by atoms with van der Waals surface area (Å²) in [5.74, 6) is 1.52. The molecule has 194 valence electrons. The van der Waals surface area contributed by atoms with Crippen molar-refractivity contribution >= 4 is 22.1 Å². The number of piperidine rings is 1. The van der Waals surface area contributed by atoms with Crippen LogP contribution in [-0.2, 0) is 12.8 Å². The SMILES string of the molecule is Oc1ccc2c(COc3ccc(OCCN4CCCCC4)cc3)c(-c3ccc(C(F)(F)F)s3)ccc2c1. The third-order valence-electron chi connectivity index (χ3n) is 6.60. The summed E-state index contributed by atoms with van der Waals surface area (Å²) in [5, 5.41) is 11.5. The minimum absolute atomic E-state index is 0.124. The zero-order valence-corrected chi connectivity index (χ0v) is 21.1. The molecule has 0 unspecified atom stereocenters. The number of alkyl halides is 3. The minimum Gasteiger partial charge on any atom is -0.508 e. The molecule has 4 nitrogen and oxygen atoms in total. The van der Waals surface area contributed by atoms with E-state index in [1.54, 1.807) is 30.3 Å². The molecule has 0 amide bonds. The molecule has 1 aliphatic heterocycles. The molecule has 0 bridgehead atoms. The summed E-state index contributed by atoms with van der Waals surface area (Å²) in [6, 6.07) is 18.6. The number of hydrogen-bond donors (Lipinski definition) is 1. The molecule has 2 heterocycles. The molecule has 8 heteroatoms. The lowest BCUT2D eigenvalue weighted by Gasteiger charge is -2.26. The molecule has 0 spiro atoms. The van der Waals surface area contributed by atoms with E-state index in [0.29, 0.717) is 34.1 Å². The number of rotatable bonds is 8. The van der Waals surface area contributed by atoms with Crippen LogP contribution >= 0.6 is 11.3 Å². The number of phenols is 1. The number of benzene rings is 3. The van der Waals surface area contributed by atoms with Crippen molar-refractivity contribution in [1.29, 1.82) is 0 Å². The normalized spacial score (nSPS) is 14.7. The zero-order valence-electron chi connectivity index (χ0n) is 20.3. The standard InChI is InChI=1S/C29H28F3NO3S/c30-29(31,32)28-13-12-27(37-28)25-10-4-20-18-21(34)5-11-24(20)26(25)19-36-23-8-6-22(7-9-23)35-17-16-33-14-2-1-3-15-33/h4-13,18,34H,1-3,14-17,19H2. The Morgan fingerprint density at radius 1 is 0.838 bits per heavy atom. The average molecular weight is 528 g/mol. The maximum Gasteiger partial charge on any atom is 0.425 e. The average Bonchev–Trinajstić information content (AvgIpc) is 3.39. The van der Waals surface area contributed by atoms with Crippen LogP contribution in [0, 0.1) is 0 Å². The monoisotopic (exact) mass is 527 g/mol. The molecule has 1 aromatic heterocycles. The Bertz CT molecular complexity index is 1350. The van der Waals surface area contributed by atoms with E-state index >= 15 is 0 Å². The van der Waals surface area contributed by atoms with Crippen LogP contribution in [0.5, 0.6) is 17.2 Å². The van der Waals surface area contributed by atoms with Gasteiger partial charge in [-0.15, -0.1) is 11.3 Å². The van der Waals surface area contributed by atoms with Crippen LogP contribution in [0.3, 0.4) is 0 Å². The lowest BCUT2D eigenvalue weighted by Crippen LogP contribution is -2.33. The molecule has 0 saturated carbocycles. The molecule has 1 N–H and O–H groups in total. The summed E-state index contributed by atoms with van der Waals surface area (Å²) in [6.07, 6.45) is -0.577. The van der Waals surface area contributed by atoms with Crippen molar-refractivity contribution in [2.75, 3.05) is 26.2 Å². The van der Waals surface area contributed by atoms with Gasteiger partial charge in [-0.25, -0.2) is 0 Å². The second kappa shape index (κ2) is 11.0. The summed E-state index contributed by atoms with van der Waals surface area (Å²) >= 11 is 0.710. The first-order chi connectivity index (χ1) is 17.9. The van der Waals surface area contributed by atoms with Crippen LogP contribution < -0.4 is 9.47 Å². The van der Waals surface area contributed by atoms with Gasteiger partial charge in [-0.3, -0.25) is 4.90 Å². The molecular formula is C29H28F3NO3S. The third kappa shape index (κ3) is 6.19. The Kier molecular flexibility index (Phi) is 7.58. The lowest BCUT2D eigenvalue weighted by atomic mass is 9.98. The smallest absolute Gasteiger partial charge is 0.425 e. The molecule has 1 aliphatic rings. The van der Waals surface area contributed by atoms with Crippen LogP contribution in [-0.4, -0.2) is 36.2 Å². The van der Waals surface area contributed by atoms with Crippen LogP contribution in [0.25, 0.3) is 21.2 Å². The predicted octanol–water partition coefficient (Wildman–Crippen LogP) is 7.74. The number of halogens is 3. The highest BCUT2D eigenvalue weighted by atomic mass is 32.1. The number of thiophene rings is 1. The number of fused-ring (bicyclic) bond motifs is 1. The Labute approximate surface area is 217 Å². The van der Waals surface area contributed by atoms with E-state index in [2.05, 4.69) is 4.90 Å². The van der Waals surface area contributed by atoms with Crippen molar-refractivity contribution in [1.82, 2.24) is 4.90 Å². The van der Waals surface area contributed by atoms with E-state index in [1.807, 2.05) is 24.3 Å². The predicted molar refractivity (Wildman–Crippen MR) is 140 cm³/mol. The van der Waals surface area contributed by atoms with Gasteiger partial charge >= 0.3 is 6.18 Å². The van der Waals surface area contributed by atoms with Crippen molar-refractivity contribution in [3.63, 3.8) is 0 Å². The molecule has 3 aromatic carbocycles. The zero-order chi connectivity index (χ0) is 25.8. The molecule has 1 saturated heterocycles. The Hall–Kier alpha value is -3.23. The number of phenolic OH excluding ortho intramolecular Hbond substituents is 1. The number of ether oxygens (including phenoxy) is 2. The van der Waals surface area contributed by atoms with Gasteiger partial charge in [0.05, 0.1) is 0 Å². The number of hydrogen-bond acceptors (Lipinski definition) is 5. The second-order valence-corrected chi connectivity index (χ2v) is 10.3. The lowest BCUT2D eigenvalue weighted by molar-refractivity contribution is -0.134. The highest BCUT2D eigenvalue weighted by Gasteiger charge is 2.32. The maximum absolute atomic E-state index is 13.2. The molecule has 0 atom stereocenters. The fourth-order valence-corrected chi connectivity index (χ4v) is 5.59. The second-order valence-electron chi connectivity index (χ2n) is 9.17. The Balaban J connectivity index is 1.31. The fraction of sp³-hybridized carbons (Fsp3) is 0.310. The van der Waals surface area contributed by atoms with E-state index in [1.165, 1.54) is 25.3 Å². The van der Waals surface area contributed by atoms with Gasteiger partial charge in [0.2, 0.25) is 0 Å². The summed E-state index contributed by atoms with van der Waals surface area (Å²) in [4.78, 5) is 2.29. The number of aromatic hydroxyl groups is 1.